The normalized spacial score (nSPS) is 24.2. The molecule has 0 aliphatic carbocycles. The van der Waals surface area contributed by atoms with Crippen LogP contribution in [0.4, 0.5) is 0 Å². The molecule has 1 aliphatic rings. The first-order chi connectivity index (χ1) is 8.20. The Bertz CT molecular complexity index is 364. The molecule has 2 atom stereocenters. The molecule has 2 heterocycles. The van der Waals surface area contributed by atoms with Crippen molar-refractivity contribution >= 4 is 17.2 Å². The van der Waals surface area contributed by atoms with Gasteiger partial charge in [0.25, 0.3) is 0 Å². The number of rotatable bonds is 4. The Labute approximate surface area is 107 Å². The smallest absolute Gasteiger partial charge is 0.223 e. The van der Waals surface area contributed by atoms with E-state index >= 15 is 0 Å². The summed E-state index contributed by atoms with van der Waals surface area (Å²) < 4.78 is 0. The fourth-order valence-corrected chi connectivity index (χ4v) is 3.20. The van der Waals surface area contributed by atoms with Gasteiger partial charge < -0.3 is 10.6 Å². The number of nitrogens with two attached hydrogens (primary N) is 1. The molecule has 1 aromatic rings. The second-order valence-corrected chi connectivity index (χ2v) is 5.84. The van der Waals surface area contributed by atoms with Crippen molar-refractivity contribution in [2.75, 3.05) is 13.1 Å². The van der Waals surface area contributed by atoms with Gasteiger partial charge in [0.2, 0.25) is 5.91 Å². The van der Waals surface area contributed by atoms with Gasteiger partial charge in [-0.15, -0.1) is 11.3 Å². The maximum Gasteiger partial charge on any atom is 0.223 e. The molecule has 2 rings (SSSR count). The van der Waals surface area contributed by atoms with E-state index in [9.17, 15) is 4.79 Å². The van der Waals surface area contributed by atoms with Crippen LogP contribution in [0.15, 0.2) is 17.5 Å². The Kier molecular flexibility index (Phi) is 4.18. The fourth-order valence-electron chi connectivity index (χ4n) is 2.49. The number of aryl methyl sites for hydroxylation is 1. The lowest BCUT2D eigenvalue weighted by molar-refractivity contribution is -0.131. The average Bonchev–Trinajstić information content (AvgIpc) is 2.94. The highest BCUT2D eigenvalue weighted by molar-refractivity contribution is 7.09. The number of carbonyl (C=O) groups excluding carboxylic acids is 1. The standard InChI is InChI=1S/C13H20N2OS/c1-10-7-11(8-14)9-15(10)13(16)5-4-12-3-2-6-17-12/h2-3,6,10-11H,4-5,7-9,14H2,1H3. The van der Waals surface area contributed by atoms with Crippen molar-refractivity contribution in [3.63, 3.8) is 0 Å². The minimum Gasteiger partial charge on any atom is -0.340 e. The van der Waals surface area contributed by atoms with Crippen LogP contribution in [-0.2, 0) is 11.2 Å². The highest BCUT2D eigenvalue weighted by Crippen LogP contribution is 2.23. The van der Waals surface area contributed by atoms with Gasteiger partial charge in [-0.05, 0) is 43.7 Å². The number of amides is 1. The summed E-state index contributed by atoms with van der Waals surface area (Å²) in [5.74, 6) is 0.775. The Morgan fingerprint density at radius 3 is 3.06 bits per heavy atom. The topological polar surface area (TPSA) is 46.3 Å². The van der Waals surface area contributed by atoms with Gasteiger partial charge in [0.15, 0.2) is 0 Å². The molecule has 94 valence electrons. The Hall–Kier alpha value is -0.870. The Morgan fingerprint density at radius 2 is 2.47 bits per heavy atom. The van der Waals surface area contributed by atoms with E-state index < -0.39 is 0 Å². The van der Waals surface area contributed by atoms with Crippen molar-refractivity contribution in [3.8, 4) is 0 Å². The molecule has 1 aliphatic heterocycles. The summed E-state index contributed by atoms with van der Waals surface area (Å²) in [5.41, 5.74) is 5.67. The van der Waals surface area contributed by atoms with Crippen LogP contribution in [-0.4, -0.2) is 29.9 Å². The number of hydrogen-bond donors (Lipinski definition) is 1. The molecule has 1 saturated heterocycles. The second kappa shape index (κ2) is 5.65. The van der Waals surface area contributed by atoms with Gasteiger partial charge in [0.05, 0.1) is 0 Å². The van der Waals surface area contributed by atoms with E-state index in [2.05, 4.69) is 18.4 Å². The molecular weight excluding hydrogens is 232 g/mol. The third-order valence-corrected chi connectivity index (χ3v) is 4.42. The first kappa shape index (κ1) is 12.6. The molecule has 2 unspecified atom stereocenters. The molecule has 4 heteroatoms. The van der Waals surface area contributed by atoms with Crippen LogP contribution in [0.1, 0.15) is 24.6 Å². The van der Waals surface area contributed by atoms with Crippen molar-refractivity contribution in [1.82, 2.24) is 4.90 Å². The van der Waals surface area contributed by atoms with Crippen molar-refractivity contribution in [2.45, 2.75) is 32.2 Å². The van der Waals surface area contributed by atoms with Gasteiger partial charge in [0.1, 0.15) is 0 Å². The second-order valence-electron chi connectivity index (χ2n) is 4.81. The zero-order valence-corrected chi connectivity index (χ0v) is 11.1. The lowest BCUT2D eigenvalue weighted by Gasteiger charge is -2.21. The average molecular weight is 252 g/mol. The third kappa shape index (κ3) is 3.07. The highest BCUT2D eigenvalue weighted by atomic mass is 32.1. The summed E-state index contributed by atoms with van der Waals surface area (Å²) in [7, 11) is 0. The molecule has 2 N–H and O–H groups in total. The minimum atomic E-state index is 0.279. The van der Waals surface area contributed by atoms with Crippen LogP contribution in [0, 0.1) is 5.92 Å². The van der Waals surface area contributed by atoms with E-state index in [0.717, 1.165) is 19.4 Å². The van der Waals surface area contributed by atoms with E-state index in [-0.39, 0.29) is 5.91 Å². The van der Waals surface area contributed by atoms with Crippen LogP contribution in [0.3, 0.4) is 0 Å². The maximum atomic E-state index is 12.1. The van der Waals surface area contributed by atoms with Gasteiger partial charge in [-0.1, -0.05) is 6.07 Å². The van der Waals surface area contributed by atoms with E-state index in [1.165, 1.54) is 4.88 Å². The summed E-state index contributed by atoms with van der Waals surface area (Å²) in [5, 5.41) is 2.06. The number of hydrogen-bond acceptors (Lipinski definition) is 3. The van der Waals surface area contributed by atoms with E-state index in [0.29, 0.717) is 24.9 Å². The van der Waals surface area contributed by atoms with Gasteiger partial charge in [-0.2, -0.15) is 0 Å². The zero-order valence-electron chi connectivity index (χ0n) is 10.3. The monoisotopic (exact) mass is 252 g/mol. The molecule has 1 amide bonds. The van der Waals surface area contributed by atoms with Crippen LogP contribution in [0.5, 0.6) is 0 Å². The van der Waals surface area contributed by atoms with Crippen LogP contribution < -0.4 is 5.73 Å². The number of likely N-dealkylation sites (tertiary alicyclic amines) is 1. The lowest BCUT2D eigenvalue weighted by Crippen LogP contribution is -2.34. The quantitative estimate of drug-likeness (QED) is 0.889. The predicted octanol–water partition coefficient (Wildman–Crippen LogP) is 1.88. The number of carbonyl (C=O) groups is 1. The van der Waals surface area contributed by atoms with Gasteiger partial charge in [0, 0.05) is 23.9 Å². The first-order valence-electron chi connectivity index (χ1n) is 6.22. The number of nitrogens with zero attached hydrogens (tertiary/aromatic N) is 1. The van der Waals surface area contributed by atoms with E-state index in [1.807, 2.05) is 11.0 Å². The molecule has 3 nitrogen and oxygen atoms in total. The van der Waals surface area contributed by atoms with Gasteiger partial charge in [-0.3, -0.25) is 4.79 Å². The fraction of sp³-hybridized carbons (Fsp3) is 0.615. The summed E-state index contributed by atoms with van der Waals surface area (Å²) in [6.07, 6.45) is 2.55. The van der Waals surface area contributed by atoms with Crippen LogP contribution in [0.2, 0.25) is 0 Å². The zero-order chi connectivity index (χ0) is 12.3. The molecule has 1 aromatic heterocycles. The van der Waals surface area contributed by atoms with Crippen molar-refractivity contribution in [1.29, 1.82) is 0 Å². The summed E-state index contributed by atoms with van der Waals surface area (Å²) in [4.78, 5) is 15.4. The first-order valence-corrected chi connectivity index (χ1v) is 7.10. The van der Waals surface area contributed by atoms with Gasteiger partial charge in [-0.25, -0.2) is 0 Å². The Morgan fingerprint density at radius 1 is 1.65 bits per heavy atom. The number of thiophene rings is 1. The molecule has 1 fully saturated rings. The van der Waals surface area contributed by atoms with Gasteiger partial charge >= 0.3 is 0 Å². The van der Waals surface area contributed by atoms with Crippen LogP contribution in [0.25, 0.3) is 0 Å². The van der Waals surface area contributed by atoms with E-state index in [1.54, 1.807) is 11.3 Å². The maximum absolute atomic E-state index is 12.1. The summed E-state index contributed by atoms with van der Waals surface area (Å²) in [6, 6.07) is 4.49. The molecule has 0 spiro atoms. The highest BCUT2D eigenvalue weighted by Gasteiger charge is 2.30. The van der Waals surface area contributed by atoms with Crippen LogP contribution >= 0.6 is 11.3 Å². The molecule has 17 heavy (non-hydrogen) atoms. The molecule has 0 radical (unpaired) electrons. The minimum absolute atomic E-state index is 0.279. The van der Waals surface area contributed by atoms with E-state index in [4.69, 9.17) is 5.73 Å². The molecule has 0 saturated carbocycles. The Balaban J connectivity index is 1.84. The molecule has 0 aromatic carbocycles. The largest absolute Gasteiger partial charge is 0.340 e. The van der Waals surface area contributed by atoms with Crippen molar-refractivity contribution in [2.24, 2.45) is 11.7 Å². The molecule has 0 bridgehead atoms. The predicted molar refractivity (Wildman–Crippen MR) is 71.0 cm³/mol. The third-order valence-electron chi connectivity index (χ3n) is 3.48. The summed E-state index contributed by atoms with van der Waals surface area (Å²) >= 11 is 1.72. The SMILES string of the molecule is CC1CC(CN)CN1C(=O)CCc1cccs1. The van der Waals surface area contributed by atoms with Crippen molar-refractivity contribution in [3.05, 3.63) is 22.4 Å². The molecular formula is C13H20N2OS. The lowest BCUT2D eigenvalue weighted by atomic mass is 10.1. The van der Waals surface area contributed by atoms with Crippen molar-refractivity contribution < 1.29 is 4.79 Å². The summed E-state index contributed by atoms with van der Waals surface area (Å²) in [6.45, 7) is 3.67.